The Morgan fingerprint density at radius 1 is 1.50 bits per heavy atom. The SMILES string of the molecule is Cc1cccc(NC(=O)CN2CC[C@H](N)C2)c1C. The smallest absolute Gasteiger partial charge is 0.238 e. The Morgan fingerprint density at radius 3 is 2.94 bits per heavy atom. The van der Waals surface area contributed by atoms with Gasteiger partial charge < -0.3 is 11.1 Å². The first-order valence-corrected chi connectivity index (χ1v) is 6.40. The number of nitrogens with two attached hydrogens (primary N) is 1. The number of likely N-dealkylation sites (tertiary alicyclic amines) is 1. The van der Waals surface area contributed by atoms with E-state index in [1.165, 1.54) is 5.56 Å². The molecule has 18 heavy (non-hydrogen) atoms. The van der Waals surface area contributed by atoms with Crippen molar-refractivity contribution in [3.05, 3.63) is 29.3 Å². The summed E-state index contributed by atoms with van der Waals surface area (Å²) in [6, 6.07) is 6.17. The maximum Gasteiger partial charge on any atom is 0.238 e. The highest BCUT2D eigenvalue weighted by Crippen LogP contribution is 2.18. The molecular formula is C14H21N3O. The zero-order chi connectivity index (χ0) is 13.1. The van der Waals surface area contributed by atoms with Gasteiger partial charge in [0.15, 0.2) is 0 Å². The number of rotatable bonds is 3. The molecular weight excluding hydrogens is 226 g/mol. The topological polar surface area (TPSA) is 58.4 Å². The number of hydrogen-bond donors (Lipinski definition) is 2. The number of amides is 1. The van der Waals surface area contributed by atoms with E-state index in [1.54, 1.807) is 0 Å². The van der Waals surface area contributed by atoms with Crippen LogP contribution in [0, 0.1) is 13.8 Å². The number of nitrogens with one attached hydrogen (secondary N) is 1. The number of nitrogens with zero attached hydrogens (tertiary/aromatic N) is 1. The molecule has 0 bridgehead atoms. The highest BCUT2D eigenvalue weighted by atomic mass is 16.2. The van der Waals surface area contributed by atoms with Gasteiger partial charge in [-0.1, -0.05) is 12.1 Å². The predicted octanol–water partition coefficient (Wildman–Crippen LogP) is 1.27. The van der Waals surface area contributed by atoms with Crippen molar-refractivity contribution in [3.63, 3.8) is 0 Å². The van der Waals surface area contributed by atoms with E-state index in [-0.39, 0.29) is 11.9 Å². The van der Waals surface area contributed by atoms with Crippen molar-refractivity contribution in [1.29, 1.82) is 0 Å². The van der Waals surface area contributed by atoms with Gasteiger partial charge >= 0.3 is 0 Å². The number of benzene rings is 1. The van der Waals surface area contributed by atoms with Crippen LogP contribution in [-0.4, -0.2) is 36.5 Å². The summed E-state index contributed by atoms with van der Waals surface area (Å²) in [5.74, 6) is 0.0396. The molecule has 3 N–H and O–H groups in total. The lowest BCUT2D eigenvalue weighted by molar-refractivity contribution is -0.117. The molecule has 1 saturated heterocycles. The molecule has 1 aliphatic rings. The lowest BCUT2D eigenvalue weighted by atomic mass is 10.1. The van der Waals surface area contributed by atoms with Crippen LogP contribution < -0.4 is 11.1 Å². The Morgan fingerprint density at radius 2 is 2.28 bits per heavy atom. The van der Waals surface area contributed by atoms with Gasteiger partial charge in [-0.05, 0) is 37.5 Å². The largest absolute Gasteiger partial charge is 0.326 e. The normalized spacial score (nSPS) is 20.1. The van der Waals surface area contributed by atoms with E-state index in [4.69, 9.17) is 5.73 Å². The summed E-state index contributed by atoms with van der Waals surface area (Å²) >= 11 is 0. The third-order valence-corrected chi connectivity index (χ3v) is 3.55. The van der Waals surface area contributed by atoms with E-state index in [0.717, 1.165) is 30.8 Å². The van der Waals surface area contributed by atoms with Crippen molar-refractivity contribution < 1.29 is 4.79 Å². The highest BCUT2D eigenvalue weighted by molar-refractivity contribution is 5.93. The zero-order valence-electron chi connectivity index (χ0n) is 11.1. The maximum absolute atomic E-state index is 11.9. The van der Waals surface area contributed by atoms with Crippen LogP contribution >= 0.6 is 0 Å². The van der Waals surface area contributed by atoms with Crippen LogP contribution in [0.1, 0.15) is 17.5 Å². The van der Waals surface area contributed by atoms with Crippen LogP contribution in [0.2, 0.25) is 0 Å². The van der Waals surface area contributed by atoms with Crippen LogP contribution in [0.25, 0.3) is 0 Å². The number of anilines is 1. The average molecular weight is 247 g/mol. The second-order valence-electron chi connectivity index (χ2n) is 5.08. The molecule has 1 heterocycles. The van der Waals surface area contributed by atoms with Crippen molar-refractivity contribution in [1.82, 2.24) is 4.90 Å². The molecule has 0 aromatic heterocycles. The highest BCUT2D eigenvalue weighted by Gasteiger charge is 2.21. The molecule has 1 atom stereocenters. The molecule has 0 unspecified atom stereocenters. The van der Waals surface area contributed by atoms with Crippen molar-refractivity contribution in [3.8, 4) is 0 Å². The molecule has 1 aliphatic heterocycles. The van der Waals surface area contributed by atoms with Crippen molar-refractivity contribution in [2.45, 2.75) is 26.3 Å². The fourth-order valence-electron chi connectivity index (χ4n) is 2.29. The van der Waals surface area contributed by atoms with Gasteiger partial charge in [0.2, 0.25) is 5.91 Å². The third kappa shape index (κ3) is 3.09. The average Bonchev–Trinajstić information content (AvgIpc) is 2.70. The van der Waals surface area contributed by atoms with Gasteiger partial charge in [-0.3, -0.25) is 9.69 Å². The zero-order valence-corrected chi connectivity index (χ0v) is 11.1. The van der Waals surface area contributed by atoms with Gasteiger partial charge in [-0.15, -0.1) is 0 Å². The molecule has 1 aromatic rings. The Hall–Kier alpha value is -1.39. The van der Waals surface area contributed by atoms with E-state index in [9.17, 15) is 4.79 Å². The molecule has 0 radical (unpaired) electrons. The first-order valence-electron chi connectivity index (χ1n) is 6.40. The van der Waals surface area contributed by atoms with E-state index in [2.05, 4.69) is 10.2 Å². The summed E-state index contributed by atoms with van der Waals surface area (Å²) in [5, 5.41) is 2.97. The summed E-state index contributed by atoms with van der Waals surface area (Å²) in [6.07, 6.45) is 0.983. The second-order valence-corrected chi connectivity index (χ2v) is 5.08. The molecule has 1 aromatic carbocycles. The summed E-state index contributed by atoms with van der Waals surface area (Å²) < 4.78 is 0. The van der Waals surface area contributed by atoms with Crippen molar-refractivity contribution >= 4 is 11.6 Å². The van der Waals surface area contributed by atoms with Gasteiger partial charge in [0.25, 0.3) is 0 Å². The van der Waals surface area contributed by atoms with Crippen molar-refractivity contribution in [2.24, 2.45) is 5.73 Å². The fraction of sp³-hybridized carbons (Fsp3) is 0.500. The fourth-order valence-corrected chi connectivity index (χ4v) is 2.29. The monoisotopic (exact) mass is 247 g/mol. The van der Waals surface area contributed by atoms with Crippen LogP contribution in [0.4, 0.5) is 5.69 Å². The summed E-state index contributed by atoms with van der Waals surface area (Å²) in [4.78, 5) is 14.0. The van der Waals surface area contributed by atoms with E-state index in [1.807, 2.05) is 32.0 Å². The van der Waals surface area contributed by atoms with Crippen LogP contribution in [0.3, 0.4) is 0 Å². The van der Waals surface area contributed by atoms with Crippen molar-refractivity contribution in [2.75, 3.05) is 25.0 Å². The Kier molecular flexibility index (Phi) is 3.99. The van der Waals surface area contributed by atoms with E-state index >= 15 is 0 Å². The molecule has 98 valence electrons. The first kappa shape index (κ1) is 13.1. The molecule has 1 fully saturated rings. The quantitative estimate of drug-likeness (QED) is 0.846. The van der Waals surface area contributed by atoms with Gasteiger partial charge in [0.1, 0.15) is 0 Å². The molecule has 4 nitrogen and oxygen atoms in total. The second kappa shape index (κ2) is 5.50. The number of aryl methyl sites for hydroxylation is 1. The Bertz CT molecular complexity index is 445. The molecule has 0 saturated carbocycles. The number of carbonyl (C=O) groups is 1. The molecule has 2 rings (SSSR count). The number of hydrogen-bond acceptors (Lipinski definition) is 3. The van der Waals surface area contributed by atoms with E-state index in [0.29, 0.717) is 6.54 Å². The van der Waals surface area contributed by atoms with Gasteiger partial charge in [-0.2, -0.15) is 0 Å². The summed E-state index contributed by atoms with van der Waals surface area (Å²) in [5.41, 5.74) is 9.05. The summed E-state index contributed by atoms with van der Waals surface area (Å²) in [7, 11) is 0. The molecule has 0 spiro atoms. The Balaban J connectivity index is 1.93. The van der Waals surface area contributed by atoms with Gasteiger partial charge in [0.05, 0.1) is 6.54 Å². The Labute approximate surface area is 108 Å². The molecule has 0 aliphatic carbocycles. The third-order valence-electron chi connectivity index (χ3n) is 3.55. The minimum absolute atomic E-state index is 0.0396. The molecule has 1 amide bonds. The van der Waals surface area contributed by atoms with Crippen LogP contribution in [0.5, 0.6) is 0 Å². The van der Waals surface area contributed by atoms with Crippen LogP contribution in [-0.2, 0) is 4.79 Å². The lowest BCUT2D eigenvalue weighted by Gasteiger charge is -2.16. The first-order chi connectivity index (χ1) is 8.56. The van der Waals surface area contributed by atoms with Gasteiger partial charge in [0, 0.05) is 24.8 Å². The summed E-state index contributed by atoms with van der Waals surface area (Å²) in [6.45, 7) is 6.24. The minimum atomic E-state index is 0.0396. The standard InChI is InChI=1S/C14H21N3O/c1-10-4-3-5-13(11(10)2)16-14(18)9-17-7-6-12(15)8-17/h3-5,12H,6-9,15H2,1-2H3,(H,16,18)/t12-/m0/s1. The lowest BCUT2D eigenvalue weighted by Crippen LogP contribution is -2.33. The minimum Gasteiger partial charge on any atom is -0.326 e. The predicted molar refractivity (Wildman–Crippen MR) is 73.6 cm³/mol. The maximum atomic E-state index is 11.9. The van der Waals surface area contributed by atoms with E-state index < -0.39 is 0 Å². The number of carbonyl (C=O) groups excluding carboxylic acids is 1. The van der Waals surface area contributed by atoms with Crippen LogP contribution in [0.15, 0.2) is 18.2 Å². The molecule has 4 heteroatoms. The van der Waals surface area contributed by atoms with Gasteiger partial charge in [-0.25, -0.2) is 0 Å².